The van der Waals surface area contributed by atoms with Gasteiger partial charge in [0.25, 0.3) is 5.91 Å². The molecule has 110 valence electrons. The summed E-state index contributed by atoms with van der Waals surface area (Å²) in [7, 11) is -0.389. The molecule has 1 aliphatic heterocycles. The summed E-state index contributed by atoms with van der Waals surface area (Å²) in [4.78, 5) is 13.2. The Bertz CT molecular complexity index is 537. The molecule has 1 amide bonds. The zero-order chi connectivity index (χ0) is 14.7. The summed E-state index contributed by atoms with van der Waals surface area (Å²) in [5, 5.41) is 8.27. The lowest BCUT2D eigenvalue weighted by Gasteiger charge is -2.18. The normalized spacial score (nSPS) is 19.2. The maximum absolute atomic E-state index is 12.1. The lowest BCUT2D eigenvalue weighted by Crippen LogP contribution is -2.25. The fraction of sp³-hybridized carbons (Fsp3) is 0.571. The first kappa shape index (κ1) is 15.0. The molecule has 2 heterocycles. The molecule has 0 radical (unpaired) electrons. The minimum Gasteiger partial charge on any atom is -0.268 e. The second kappa shape index (κ2) is 6.35. The van der Waals surface area contributed by atoms with E-state index in [9.17, 15) is 4.79 Å². The van der Waals surface area contributed by atoms with E-state index in [1.54, 1.807) is 8.99 Å². The number of amides is 1. The van der Waals surface area contributed by atoms with Crippen molar-refractivity contribution in [3.8, 4) is 0 Å². The summed E-state index contributed by atoms with van der Waals surface area (Å²) in [5.74, 6) is 4.14. The maximum atomic E-state index is 12.1. The van der Waals surface area contributed by atoms with Crippen LogP contribution in [0.2, 0.25) is 0 Å². The zero-order valence-corrected chi connectivity index (χ0v) is 13.2. The molecule has 0 aromatic carbocycles. The molecule has 2 rings (SSSR count). The molecule has 1 atom stereocenters. The van der Waals surface area contributed by atoms with Gasteiger partial charge in [-0.05, 0) is 26.7 Å². The third-order valence-electron chi connectivity index (χ3n) is 3.59. The Kier molecular flexibility index (Phi) is 4.75. The smallest absolute Gasteiger partial charge is 0.261 e. The SMILES string of the molecule is C=S1C(C)=C(C)C(=O)N1Cn1cc(CCCCC)nn1. The molecular formula is C14H22N4OS. The summed E-state index contributed by atoms with van der Waals surface area (Å²) >= 11 is 0. The molecule has 0 spiro atoms. The Balaban J connectivity index is 1.98. The van der Waals surface area contributed by atoms with Crippen molar-refractivity contribution < 1.29 is 4.79 Å². The van der Waals surface area contributed by atoms with Gasteiger partial charge in [0, 0.05) is 10.5 Å². The van der Waals surface area contributed by atoms with E-state index in [4.69, 9.17) is 0 Å². The van der Waals surface area contributed by atoms with Crippen molar-refractivity contribution in [2.75, 3.05) is 0 Å². The monoisotopic (exact) mass is 294 g/mol. The van der Waals surface area contributed by atoms with Gasteiger partial charge in [-0.3, -0.25) is 9.10 Å². The lowest BCUT2D eigenvalue weighted by atomic mass is 10.2. The Labute approximate surface area is 122 Å². The molecule has 0 aliphatic carbocycles. The van der Waals surface area contributed by atoms with Gasteiger partial charge in [0.1, 0.15) is 6.67 Å². The first-order chi connectivity index (χ1) is 9.54. The van der Waals surface area contributed by atoms with Gasteiger partial charge in [0.05, 0.1) is 11.9 Å². The minimum atomic E-state index is -0.389. The fourth-order valence-corrected chi connectivity index (χ4v) is 3.49. The molecule has 0 N–H and O–H groups in total. The number of hydrogen-bond acceptors (Lipinski definition) is 3. The summed E-state index contributed by atoms with van der Waals surface area (Å²) in [6.45, 7) is 6.45. The molecule has 0 saturated heterocycles. The lowest BCUT2D eigenvalue weighted by molar-refractivity contribution is -0.123. The van der Waals surface area contributed by atoms with Gasteiger partial charge in [0.15, 0.2) is 0 Å². The van der Waals surface area contributed by atoms with Crippen LogP contribution in [0.5, 0.6) is 0 Å². The van der Waals surface area contributed by atoms with E-state index in [0.29, 0.717) is 6.67 Å². The Morgan fingerprint density at radius 3 is 2.70 bits per heavy atom. The molecule has 1 aromatic rings. The summed E-state index contributed by atoms with van der Waals surface area (Å²) in [6.07, 6.45) is 6.43. The molecule has 1 aliphatic rings. The van der Waals surface area contributed by atoms with Gasteiger partial charge < -0.3 is 0 Å². The number of allylic oxidation sites excluding steroid dienone is 1. The third kappa shape index (κ3) is 3.00. The molecule has 0 bridgehead atoms. The summed E-state index contributed by atoms with van der Waals surface area (Å²) < 4.78 is 3.49. The highest BCUT2D eigenvalue weighted by atomic mass is 32.2. The van der Waals surface area contributed by atoms with Gasteiger partial charge in [-0.15, -0.1) is 5.10 Å². The highest BCUT2D eigenvalue weighted by Gasteiger charge is 2.28. The molecule has 20 heavy (non-hydrogen) atoms. The van der Waals surface area contributed by atoms with E-state index in [1.165, 1.54) is 12.8 Å². The molecule has 0 saturated carbocycles. The van der Waals surface area contributed by atoms with Crippen LogP contribution in [-0.2, 0) is 17.9 Å². The second-order valence-electron chi connectivity index (χ2n) is 5.08. The van der Waals surface area contributed by atoms with Crippen molar-refractivity contribution >= 4 is 22.4 Å². The first-order valence-corrected chi connectivity index (χ1v) is 8.32. The van der Waals surface area contributed by atoms with Crippen LogP contribution in [0.15, 0.2) is 16.7 Å². The number of aromatic nitrogens is 3. The van der Waals surface area contributed by atoms with Crippen LogP contribution in [0, 0.1) is 0 Å². The van der Waals surface area contributed by atoms with Crippen LogP contribution in [-0.4, -0.2) is 31.1 Å². The minimum absolute atomic E-state index is 0.0591. The van der Waals surface area contributed by atoms with Crippen molar-refractivity contribution in [2.24, 2.45) is 0 Å². The van der Waals surface area contributed by atoms with E-state index in [0.717, 1.165) is 29.0 Å². The summed E-state index contributed by atoms with van der Waals surface area (Å²) in [6, 6.07) is 0. The number of rotatable bonds is 6. The number of hydrogen-bond donors (Lipinski definition) is 0. The molecule has 1 aromatic heterocycles. The number of unbranched alkanes of at least 4 members (excludes halogenated alkanes) is 2. The Hall–Kier alpha value is -1.43. The predicted molar refractivity (Wildman–Crippen MR) is 83.2 cm³/mol. The molecule has 5 nitrogen and oxygen atoms in total. The topological polar surface area (TPSA) is 51.0 Å². The number of carbonyl (C=O) groups excluding carboxylic acids is 1. The highest BCUT2D eigenvalue weighted by molar-refractivity contribution is 8.16. The van der Waals surface area contributed by atoms with E-state index in [1.807, 2.05) is 20.0 Å². The average molecular weight is 294 g/mol. The van der Waals surface area contributed by atoms with Gasteiger partial charge in [-0.2, -0.15) is 0 Å². The fourth-order valence-electron chi connectivity index (χ4n) is 2.12. The van der Waals surface area contributed by atoms with E-state index < -0.39 is 0 Å². The van der Waals surface area contributed by atoms with Crippen molar-refractivity contribution in [3.63, 3.8) is 0 Å². The standard InChI is InChI=1S/C14H22N4OS/c1-5-6-7-8-13-9-17(16-15-13)10-18-14(19)11(2)12(3)20(18)4/h9H,4-8,10H2,1-3H3. The van der Waals surface area contributed by atoms with Gasteiger partial charge >= 0.3 is 0 Å². The zero-order valence-electron chi connectivity index (χ0n) is 12.4. The molecular weight excluding hydrogens is 272 g/mol. The Morgan fingerprint density at radius 2 is 2.10 bits per heavy atom. The second-order valence-corrected chi connectivity index (χ2v) is 6.86. The average Bonchev–Trinajstić information content (AvgIpc) is 2.95. The predicted octanol–water partition coefficient (Wildman–Crippen LogP) is 2.72. The van der Waals surface area contributed by atoms with E-state index in [2.05, 4.69) is 23.1 Å². The molecule has 0 fully saturated rings. The number of carbonyl (C=O) groups is 1. The largest absolute Gasteiger partial charge is 0.268 e. The third-order valence-corrected chi connectivity index (χ3v) is 5.42. The molecule has 1 unspecified atom stereocenters. The van der Waals surface area contributed by atoms with Crippen LogP contribution in [0.1, 0.15) is 45.7 Å². The first-order valence-electron chi connectivity index (χ1n) is 6.97. The van der Waals surface area contributed by atoms with Crippen LogP contribution in [0.4, 0.5) is 0 Å². The van der Waals surface area contributed by atoms with Crippen molar-refractivity contribution in [1.82, 2.24) is 19.3 Å². The van der Waals surface area contributed by atoms with Crippen LogP contribution in [0.25, 0.3) is 0 Å². The Morgan fingerprint density at radius 1 is 1.35 bits per heavy atom. The van der Waals surface area contributed by atoms with Crippen molar-refractivity contribution in [1.29, 1.82) is 0 Å². The van der Waals surface area contributed by atoms with Crippen LogP contribution >= 0.6 is 10.7 Å². The quantitative estimate of drug-likeness (QED) is 0.599. The van der Waals surface area contributed by atoms with Crippen molar-refractivity contribution in [3.05, 3.63) is 22.4 Å². The van der Waals surface area contributed by atoms with Crippen molar-refractivity contribution in [2.45, 2.75) is 53.1 Å². The number of nitrogens with zero attached hydrogens (tertiary/aromatic N) is 4. The van der Waals surface area contributed by atoms with E-state index >= 15 is 0 Å². The van der Waals surface area contributed by atoms with Crippen LogP contribution < -0.4 is 0 Å². The molecule has 6 heteroatoms. The van der Waals surface area contributed by atoms with Gasteiger partial charge in [0.2, 0.25) is 0 Å². The highest BCUT2D eigenvalue weighted by Crippen LogP contribution is 2.38. The maximum Gasteiger partial charge on any atom is 0.261 e. The van der Waals surface area contributed by atoms with E-state index in [-0.39, 0.29) is 16.6 Å². The summed E-state index contributed by atoms with van der Waals surface area (Å²) in [5.41, 5.74) is 1.81. The van der Waals surface area contributed by atoms with Gasteiger partial charge in [-0.25, -0.2) is 4.68 Å². The number of aryl methyl sites for hydroxylation is 1. The van der Waals surface area contributed by atoms with Crippen LogP contribution in [0.3, 0.4) is 0 Å². The van der Waals surface area contributed by atoms with Gasteiger partial charge in [-0.1, -0.05) is 41.5 Å².